The van der Waals surface area contributed by atoms with E-state index in [0.717, 1.165) is 26.0 Å². The molecule has 1 unspecified atom stereocenters. The van der Waals surface area contributed by atoms with Gasteiger partial charge in [-0.3, -0.25) is 0 Å². The molecule has 0 N–H and O–H groups in total. The van der Waals surface area contributed by atoms with Gasteiger partial charge in [0.25, 0.3) is 0 Å². The number of para-hydroxylation sites is 1. The molecule has 2 heteroatoms. The standard InChI is InChI=1S/C20H21NO/c1-2-19-20-17(12-13-22-19)16-10-6-7-11-18(16)21(20)14-15-8-4-3-5-9-15/h3-11,19H,2,12-14H2,1H3. The van der Waals surface area contributed by atoms with Gasteiger partial charge in [-0.2, -0.15) is 0 Å². The van der Waals surface area contributed by atoms with Gasteiger partial charge in [-0.05, 0) is 30.0 Å². The molecule has 0 aliphatic carbocycles. The number of hydrogen-bond acceptors (Lipinski definition) is 1. The maximum absolute atomic E-state index is 6.04. The Bertz CT molecular complexity index is 788. The topological polar surface area (TPSA) is 14.2 Å². The fourth-order valence-electron chi connectivity index (χ4n) is 3.66. The Morgan fingerprint density at radius 1 is 1.05 bits per heavy atom. The van der Waals surface area contributed by atoms with E-state index in [2.05, 4.69) is 66.1 Å². The van der Waals surface area contributed by atoms with Crippen LogP contribution in [0.4, 0.5) is 0 Å². The molecule has 1 aliphatic rings. The first-order chi connectivity index (χ1) is 10.9. The van der Waals surface area contributed by atoms with Crippen molar-refractivity contribution in [2.24, 2.45) is 0 Å². The summed E-state index contributed by atoms with van der Waals surface area (Å²) in [6.45, 7) is 3.96. The summed E-state index contributed by atoms with van der Waals surface area (Å²) < 4.78 is 8.51. The minimum Gasteiger partial charge on any atom is -0.372 e. The molecular formula is C20H21NO. The first kappa shape index (κ1) is 13.6. The highest BCUT2D eigenvalue weighted by Gasteiger charge is 2.27. The number of benzene rings is 2. The third kappa shape index (κ3) is 2.15. The van der Waals surface area contributed by atoms with Gasteiger partial charge in [0, 0.05) is 17.4 Å². The summed E-state index contributed by atoms with van der Waals surface area (Å²) in [5.41, 5.74) is 5.55. The molecule has 22 heavy (non-hydrogen) atoms. The van der Waals surface area contributed by atoms with E-state index >= 15 is 0 Å². The number of fused-ring (bicyclic) bond motifs is 3. The largest absolute Gasteiger partial charge is 0.372 e. The third-order valence-electron chi connectivity index (χ3n) is 4.65. The van der Waals surface area contributed by atoms with Crippen LogP contribution < -0.4 is 0 Å². The normalized spacial score (nSPS) is 17.6. The van der Waals surface area contributed by atoms with Crippen molar-refractivity contribution < 1.29 is 4.74 Å². The Morgan fingerprint density at radius 3 is 2.64 bits per heavy atom. The van der Waals surface area contributed by atoms with Crippen molar-refractivity contribution in [1.82, 2.24) is 4.57 Å². The zero-order valence-corrected chi connectivity index (χ0v) is 13.0. The molecule has 0 saturated heterocycles. The molecule has 0 spiro atoms. The van der Waals surface area contributed by atoms with Crippen molar-refractivity contribution in [3.05, 3.63) is 71.4 Å². The van der Waals surface area contributed by atoms with Gasteiger partial charge in [0.05, 0.1) is 18.4 Å². The van der Waals surface area contributed by atoms with Crippen molar-refractivity contribution in [3.63, 3.8) is 0 Å². The third-order valence-corrected chi connectivity index (χ3v) is 4.65. The number of rotatable bonds is 3. The lowest BCUT2D eigenvalue weighted by Gasteiger charge is -2.25. The van der Waals surface area contributed by atoms with Crippen LogP contribution in [0.1, 0.15) is 36.3 Å². The van der Waals surface area contributed by atoms with E-state index < -0.39 is 0 Å². The molecule has 2 nitrogen and oxygen atoms in total. The highest BCUT2D eigenvalue weighted by Crippen LogP contribution is 2.37. The Labute approximate surface area is 131 Å². The zero-order chi connectivity index (χ0) is 14.9. The van der Waals surface area contributed by atoms with E-state index in [1.165, 1.54) is 27.7 Å². The van der Waals surface area contributed by atoms with Crippen molar-refractivity contribution in [2.45, 2.75) is 32.4 Å². The monoisotopic (exact) mass is 291 g/mol. The van der Waals surface area contributed by atoms with Gasteiger partial charge in [-0.1, -0.05) is 55.5 Å². The van der Waals surface area contributed by atoms with E-state index in [9.17, 15) is 0 Å². The zero-order valence-electron chi connectivity index (χ0n) is 13.0. The summed E-state index contributed by atoms with van der Waals surface area (Å²) in [6, 6.07) is 19.5. The number of aromatic nitrogens is 1. The van der Waals surface area contributed by atoms with Crippen LogP contribution >= 0.6 is 0 Å². The molecule has 0 bridgehead atoms. The number of nitrogens with zero attached hydrogens (tertiary/aromatic N) is 1. The van der Waals surface area contributed by atoms with Crippen LogP contribution in [0.2, 0.25) is 0 Å². The predicted molar refractivity (Wildman–Crippen MR) is 90.2 cm³/mol. The maximum Gasteiger partial charge on any atom is 0.0975 e. The van der Waals surface area contributed by atoms with Gasteiger partial charge in [0.1, 0.15) is 0 Å². The van der Waals surface area contributed by atoms with Gasteiger partial charge in [0.2, 0.25) is 0 Å². The Morgan fingerprint density at radius 2 is 1.82 bits per heavy atom. The molecule has 2 aromatic carbocycles. The molecular weight excluding hydrogens is 270 g/mol. The summed E-state index contributed by atoms with van der Waals surface area (Å²) in [4.78, 5) is 0. The Balaban J connectivity index is 1.92. The minimum atomic E-state index is 0.222. The van der Waals surface area contributed by atoms with Gasteiger partial charge in [-0.15, -0.1) is 0 Å². The predicted octanol–water partition coefficient (Wildman–Crippen LogP) is 4.71. The van der Waals surface area contributed by atoms with Crippen LogP contribution in [0.25, 0.3) is 10.9 Å². The second-order valence-electron chi connectivity index (χ2n) is 5.97. The molecule has 1 aliphatic heterocycles. The first-order valence-electron chi connectivity index (χ1n) is 8.14. The minimum absolute atomic E-state index is 0.222. The molecule has 112 valence electrons. The molecule has 1 atom stereocenters. The number of hydrogen-bond donors (Lipinski definition) is 0. The fraction of sp³-hybridized carbons (Fsp3) is 0.300. The molecule has 0 radical (unpaired) electrons. The summed E-state index contributed by atoms with van der Waals surface area (Å²) in [5.74, 6) is 0. The molecule has 0 fully saturated rings. The van der Waals surface area contributed by atoms with Gasteiger partial charge >= 0.3 is 0 Å². The summed E-state index contributed by atoms with van der Waals surface area (Å²) in [6.07, 6.45) is 2.27. The quantitative estimate of drug-likeness (QED) is 0.681. The molecule has 3 aromatic rings. The van der Waals surface area contributed by atoms with Crippen LogP contribution in [0.15, 0.2) is 54.6 Å². The lowest BCUT2D eigenvalue weighted by Crippen LogP contribution is -2.19. The highest BCUT2D eigenvalue weighted by molar-refractivity contribution is 5.86. The number of ether oxygens (including phenoxy) is 1. The first-order valence-corrected chi connectivity index (χ1v) is 8.14. The second-order valence-corrected chi connectivity index (χ2v) is 5.97. The summed E-state index contributed by atoms with van der Waals surface area (Å²) >= 11 is 0. The second kappa shape index (κ2) is 5.62. The lowest BCUT2D eigenvalue weighted by molar-refractivity contribution is 0.0349. The summed E-state index contributed by atoms with van der Waals surface area (Å²) in [5, 5.41) is 1.40. The van der Waals surface area contributed by atoms with Crippen LogP contribution in [0.3, 0.4) is 0 Å². The average Bonchev–Trinajstić information content (AvgIpc) is 2.90. The molecule has 4 rings (SSSR count). The van der Waals surface area contributed by atoms with Crippen molar-refractivity contribution in [3.8, 4) is 0 Å². The van der Waals surface area contributed by atoms with Crippen LogP contribution in [0.5, 0.6) is 0 Å². The molecule has 0 amide bonds. The van der Waals surface area contributed by atoms with Gasteiger partial charge < -0.3 is 9.30 Å². The van der Waals surface area contributed by atoms with E-state index in [4.69, 9.17) is 4.74 Å². The maximum atomic E-state index is 6.04. The molecule has 1 aromatic heterocycles. The SMILES string of the molecule is CCC1OCCc2c1n(Cc1ccccc1)c1ccccc21. The van der Waals surface area contributed by atoms with E-state index in [1.807, 2.05) is 0 Å². The van der Waals surface area contributed by atoms with Crippen molar-refractivity contribution >= 4 is 10.9 Å². The highest BCUT2D eigenvalue weighted by atomic mass is 16.5. The van der Waals surface area contributed by atoms with Crippen molar-refractivity contribution in [2.75, 3.05) is 6.61 Å². The average molecular weight is 291 g/mol. The fourth-order valence-corrected chi connectivity index (χ4v) is 3.66. The van der Waals surface area contributed by atoms with E-state index in [0.29, 0.717) is 0 Å². The lowest BCUT2D eigenvalue weighted by atomic mass is 10.0. The summed E-state index contributed by atoms with van der Waals surface area (Å²) in [7, 11) is 0. The molecule has 2 heterocycles. The Hall–Kier alpha value is -2.06. The van der Waals surface area contributed by atoms with E-state index in [-0.39, 0.29) is 6.10 Å². The van der Waals surface area contributed by atoms with Gasteiger partial charge in [0.15, 0.2) is 0 Å². The Kier molecular flexibility index (Phi) is 3.47. The molecule has 0 saturated carbocycles. The van der Waals surface area contributed by atoms with Crippen molar-refractivity contribution in [1.29, 1.82) is 0 Å². The van der Waals surface area contributed by atoms with Crippen LogP contribution in [0, 0.1) is 0 Å². The van der Waals surface area contributed by atoms with E-state index in [1.54, 1.807) is 0 Å². The smallest absolute Gasteiger partial charge is 0.0975 e. The van der Waals surface area contributed by atoms with Crippen LogP contribution in [-0.4, -0.2) is 11.2 Å². The van der Waals surface area contributed by atoms with Gasteiger partial charge in [-0.25, -0.2) is 0 Å². The van der Waals surface area contributed by atoms with Crippen LogP contribution in [-0.2, 0) is 17.7 Å².